The lowest BCUT2D eigenvalue weighted by atomic mass is 10.1. The molecule has 1 aliphatic heterocycles. The van der Waals surface area contributed by atoms with E-state index in [1.54, 1.807) is 16.7 Å². The zero-order valence-corrected chi connectivity index (χ0v) is 17.5. The van der Waals surface area contributed by atoms with Crippen LogP contribution in [0.1, 0.15) is 30.7 Å². The number of halogens is 2. The second kappa shape index (κ2) is 7.85. The monoisotopic (exact) mass is 420 g/mol. The summed E-state index contributed by atoms with van der Waals surface area (Å²) in [5, 5.41) is 5.24. The molecule has 0 bridgehead atoms. The molecule has 1 aromatic carbocycles. The van der Waals surface area contributed by atoms with Gasteiger partial charge in [-0.1, -0.05) is 34.8 Å². The summed E-state index contributed by atoms with van der Waals surface area (Å²) >= 11 is 12.5. The molecule has 0 amide bonds. The van der Waals surface area contributed by atoms with Crippen molar-refractivity contribution in [3.05, 3.63) is 44.0 Å². The van der Waals surface area contributed by atoms with E-state index < -0.39 is 0 Å². The van der Waals surface area contributed by atoms with Gasteiger partial charge < -0.3 is 9.42 Å². The van der Waals surface area contributed by atoms with Gasteiger partial charge in [0.2, 0.25) is 0 Å². The highest BCUT2D eigenvalue weighted by Crippen LogP contribution is 2.30. The first-order valence-electron chi connectivity index (χ1n) is 9.51. The van der Waals surface area contributed by atoms with E-state index in [0.29, 0.717) is 44.8 Å². The Morgan fingerprint density at radius 2 is 1.86 bits per heavy atom. The molecule has 3 heterocycles. The van der Waals surface area contributed by atoms with Gasteiger partial charge in [-0.25, -0.2) is 4.98 Å². The fraction of sp³-hybridized carbons (Fsp3) is 0.450. The third kappa shape index (κ3) is 3.56. The quantitative estimate of drug-likeness (QED) is 0.623. The van der Waals surface area contributed by atoms with Crippen LogP contribution in [0.4, 0.5) is 0 Å². The molecular formula is C20H22Cl2N4O2. The summed E-state index contributed by atoms with van der Waals surface area (Å²) in [5.41, 5.74) is 1.73. The summed E-state index contributed by atoms with van der Waals surface area (Å²) in [6.07, 6.45) is 3.68. The van der Waals surface area contributed by atoms with Crippen molar-refractivity contribution in [2.45, 2.75) is 39.7 Å². The van der Waals surface area contributed by atoms with Gasteiger partial charge in [-0.3, -0.25) is 9.36 Å². The van der Waals surface area contributed by atoms with Gasteiger partial charge in [0.25, 0.3) is 5.56 Å². The topological polar surface area (TPSA) is 64.2 Å². The average Bonchev–Trinajstić information content (AvgIpc) is 3.00. The van der Waals surface area contributed by atoms with Crippen molar-refractivity contribution in [1.82, 2.24) is 19.6 Å². The van der Waals surface area contributed by atoms with Gasteiger partial charge >= 0.3 is 0 Å². The van der Waals surface area contributed by atoms with Gasteiger partial charge in [0, 0.05) is 18.1 Å². The van der Waals surface area contributed by atoms with Gasteiger partial charge in [-0.05, 0) is 51.9 Å². The minimum atomic E-state index is -0.151. The number of aromatic nitrogens is 3. The Balaban J connectivity index is 1.88. The van der Waals surface area contributed by atoms with Crippen molar-refractivity contribution in [1.29, 1.82) is 0 Å². The SMILES string of the molecule is Cc1noc(C)c1-c1nc2c(Cl)cc(Cl)cc2c(=O)n1CCN1CCCCC1. The van der Waals surface area contributed by atoms with Crippen LogP contribution >= 0.6 is 23.2 Å². The normalized spacial score (nSPS) is 15.4. The number of nitrogens with zero attached hydrogens (tertiary/aromatic N) is 4. The Bertz CT molecular complexity index is 1060. The third-order valence-corrected chi connectivity index (χ3v) is 5.83. The molecule has 0 N–H and O–H groups in total. The number of fused-ring (bicyclic) bond motifs is 1. The maximum atomic E-state index is 13.4. The Hall–Kier alpha value is -1.89. The smallest absolute Gasteiger partial charge is 0.261 e. The number of piperidine rings is 1. The van der Waals surface area contributed by atoms with Crippen molar-refractivity contribution in [3.63, 3.8) is 0 Å². The first-order valence-corrected chi connectivity index (χ1v) is 10.3. The predicted molar refractivity (Wildman–Crippen MR) is 111 cm³/mol. The Morgan fingerprint density at radius 1 is 1.11 bits per heavy atom. The second-order valence-electron chi connectivity index (χ2n) is 7.28. The highest BCUT2D eigenvalue weighted by molar-refractivity contribution is 6.38. The van der Waals surface area contributed by atoms with Gasteiger partial charge in [0.1, 0.15) is 11.6 Å². The van der Waals surface area contributed by atoms with Crippen molar-refractivity contribution in [3.8, 4) is 11.4 Å². The van der Waals surface area contributed by atoms with E-state index in [1.807, 2.05) is 13.8 Å². The summed E-state index contributed by atoms with van der Waals surface area (Å²) < 4.78 is 7.04. The van der Waals surface area contributed by atoms with Crippen LogP contribution in [-0.2, 0) is 6.54 Å². The van der Waals surface area contributed by atoms with Gasteiger partial charge in [-0.15, -0.1) is 0 Å². The van der Waals surface area contributed by atoms with E-state index in [2.05, 4.69) is 10.1 Å². The van der Waals surface area contributed by atoms with Crippen molar-refractivity contribution in [2.75, 3.05) is 19.6 Å². The molecule has 0 radical (unpaired) electrons. The number of likely N-dealkylation sites (tertiary alicyclic amines) is 1. The molecule has 3 aromatic rings. The molecule has 8 heteroatoms. The van der Waals surface area contributed by atoms with Crippen molar-refractivity contribution in [2.24, 2.45) is 0 Å². The Kier molecular flexibility index (Phi) is 5.45. The van der Waals surface area contributed by atoms with Crippen LogP contribution in [0.15, 0.2) is 21.5 Å². The van der Waals surface area contributed by atoms with E-state index in [9.17, 15) is 4.79 Å². The second-order valence-corrected chi connectivity index (χ2v) is 8.12. The van der Waals surface area contributed by atoms with Crippen LogP contribution in [0.25, 0.3) is 22.3 Å². The summed E-state index contributed by atoms with van der Waals surface area (Å²) in [5.74, 6) is 1.16. The molecule has 6 nitrogen and oxygen atoms in total. The average molecular weight is 421 g/mol. The maximum absolute atomic E-state index is 13.4. The number of benzene rings is 1. The Morgan fingerprint density at radius 3 is 2.54 bits per heavy atom. The molecule has 0 unspecified atom stereocenters. The highest BCUT2D eigenvalue weighted by Gasteiger charge is 2.22. The molecule has 1 aliphatic rings. The fourth-order valence-electron chi connectivity index (χ4n) is 3.88. The fourth-order valence-corrected chi connectivity index (χ4v) is 4.41. The van der Waals surface area contributed by atoms with Crippen LogP contribution in [0.5, 0.6) is 0 Å². The van der Waals surface area contributed by atoms with E-state index >= 15 is 0 Å². The predicted octanol–water partition coefficient (Wildman–Crippen LogP) is 4.46. The largest absolute Gasteiger partial charge is 0.361 e. The van der Waals surface area contributed by atoms with Crippen molar-refractivity contribution < 1.29 is 4.52 Å². The lowest BCUT2D eigenvalue weighted by molar-refractivity contribution is 0.220. The molecule has 0 aliphatic carbocycles. The highest BCUT2D eigenvalue weighted by atomic mass is 35.5. The number of rotatable bonds is 4. The third-order valence-electron chi connectivity index (χ3n) is 5.32. The first-order chi connectivity index (χ1) is 13.5. The maximum Gasteiger partial charge on any atom is 0.261 e. The summed E-state index contributed by atoms with van der Waals surface area (Å²) in [6.45, 7) is 7.12. The van der Waals surface area contributed by atoms with E-state index in [-0.39, 0.29) is 5.56 Å². The van der Waals surface area contributed by atoms with Gasteiger partial charge in [0.05, 0.1) is 27.2 Å². The molecular weight excluding hydrogens is 399 g/mol. The van der Waals surface area contributed by atoms with E-state index in [4.69, 9.17) is 32.7 Å². The molecule has 28 heavy (non-hydrogen) atoms. The molecule has 0 saturated carbocycles. The van der Waals surface area contributed by atoms with Crippen LogP contribution in [0.3, 0.4) is 0 Å². The van der Waals surface area contributed by atoms with Crippen LogP contribution in [0.2, 0.25) is 10.0 Å². The molecule has 0 atom stereocenters. The lowest BCUT2D eigenvalue weighted by Gasteiger charge is -2.27. The summed E-state index contributed by atoms with van der Waals surface area (Å²) in [7, 11) is 0. The van der Waals surface area contributed by atoms with Crippen LogP contribution in [-0.4, -0.2) is 39.2 Å². The minimum absolute atomic E-state index is 0.151. The Labute approximate surface area is 173 Å². The molecule has 2 aromatic heterocycles. The molecule has 0 spiro atoms. The summed E-state index contributed by atoms with van der Waals surface area (Å²) in [4.78, 5) is 20.5. The van der Waals surface area contributed by atoms with E-state index in [1.165, 1.54) is 19.3 Å². The molecule has 1 saturated heterocycles. The minimum Gasteiger partial charge on any atom is -0.361 e. The number of hydrogen-bond acceptors (Lipinski definition) is 5. The molecule has 4 rings (SSSR count). The number of hydrogen-bond donors (Lipinski definition) is 0. The van der Waals surface area contributed by atoms with E-state index in [0.717, 1.165) is 25.2 Å². The van der Waals surface area contributed by atoms with Gasteiger partial charge in [-0.2, -0.15) is 0 Å². The first kappa shape index (κ1) is 19.4. The molecule has 1 fully saturated rings. The zero-order chi connectivity index (χ0) is 19.8. The standard InChI is InChI=1S/C20H22Cl2N4O2/c1-12-17(13(2)28-24-12)19-23-18-15(10-14(21)11-16(18)22)20(27)26(19)9-8-25-6-4-3-5-7-25/h10-11H,3-9H2,1-2H3. The van der Waals surface area contributed by atoms with Crippen LogP contribution < -0.4 is 5.56 Å². The number of aryl methyl sites for hydroxylation is 2. The molecule has 148 valence electrons. The van der Waals surface area contributed by atoms with Crippen molar-refractivity contribution >= 4 is 34.1 Å². The summed E-state index contributed by atoms with van der Waals surface area (Å²) in [6, 6.07) is 3.24. The van der Waals surface area contributed by atoms with Gasteiger partial charge in [0.15, 0.2) is 0 Å². The zero-order valence-electron chi connectivity index (χ0n) is 16.0. The van der Waals surface area contributed by atoms with Crippen LogP contribution in [0, 0.1) is 13.8 Å². The lowest BCUT2D eigenvalue weighted by Crippen LogP contribution is -2.35.